The van der Waals surface area contributed by atoms with Gasteiger partial charge in [0.05, 0.1) is 0 Å². The molecule has 3 rings (SSSR count). The average molecular weight is 408 g/mol. The highest BCUT2D eigenvalue weighted by atomic mass is 16.1. The predicted molar refractivity (Wildman–Crippen MR) is 125 cm³/mol. The minimum absolute atomic E-state index is 0.0993. The molecule has 1 aromatic rings. The lowest BCUT2D eigenvalue weighted by atomic mass is 9.78. The third kappa shape index (κ3) is 4.56. The second kappa shape index (κ2) is 8.84. The Bertz CT molecular complexity index is 869. The lowest BCUT2D eigenvalue weighted by Crippen LogP contribution is -2.51. The average Bonchev–Trinajstić information content (AvgIpc) is 2.66. The van der Waals surface area contributed by atoms with Gasteiger partial charge in [0, 0.05) is 23.3 Å². The van der Waals surface area contributed by atoms with Crippen molar-refractivity contribution in [2.45, 2.75) is 104 Å². The Balaban J connectivity index is 1.94. The number of hydrogen-bond acceptors (Lipinski definition) is 3. The molecule has 30 heavy (non-hydrogen) atoms. The number of aryl methyl sites for hydroxylation is 1. The molecule has 162 valence electrons. The van der Waals surface area contributed by atoms with Gasteiger partial charge in [0.1, 0.15) is 11.6 Å². The van der Waals surface area contributed by atoms with Crippen molar-refractivity contribution < 1.29 is 4.79 Å². The summed E-state index contributed by atoms with van der Waals surface area (Å²) < 4.78 is 0. The Morgan fingerprint density at radius 3 is 2.53 bits per heavy atom. The molecule has 0 saturated heterocycles. The predicted octanol–water partition coefficient (Wildman–Crippen LogP) is 5.85. The highest BCUT2D eigenvalue weighted by Gasteiger charge is 2.37. The third-order valence-corrected chi connectivity index (χ3v) is 6.79. The van der Waals surface area contributed by atoms with E-state index < -0.39 is 0 Å². The van der Waals surface area contributed by atoms with Crippen molar-refractivity contribution in [3.63, 3.8) is 0 Å². The molecule has 0 radical (unpaired) electrons. The molecule has 0 spiro atoms. The summed E-state index contributed by atoms with van der Waals surface area (Å²) >= 11 is 0. The Kier molecular flexibility index (Phi) is 6.60. The first-order chi connectivity index (χ1) is 14.1. The molecule has 1 aromatic carbocycles. The van der Waals surface area contributed by atoms with Gasteiger partial charge in [0.2, 0.25) is 0 Å². The second-order valence-corrected chi connectivity index (χ2v) is 10.1. The van der Waals surface area contributed by atoms with Gasteiger partial charge >= 0.3 is 0 Å². The summed E-state index contributed by atoms with van der Waals surface area (Å²) in [5, 5.41) is 12.7. The van der Waals surface area contributed by atoms with Crippen LogP contribution in [0, 0.1) is 18.3 Å². The van der Waals surface area contributed by atoms with Crippen LogP contribution in [0.5, 0.6) is 0 Å². The van der Waals surface area contributed by atoms with Gasteiger partial charge in [-0.3, -0.25) is 4.79 Å². The first-order valence-electron chi connectivity index (χ1n) is 11.5. The SMILES string of the molecule is Cc1cc2c(cc1/C=C(/C#N)C(=O)NC1CCCCC1)[C@H](C)CC(C)(C)N2C(C)C. The topological polar surface area (TPSA) is 56.1 Å². The molecule has 4 heteroatoms. The highest BCUT2D eigenvalue weighted by molar-refractivity contribution is 6.02. The molecular weight excluding hydrogens is 370 g/mol. The molecule has 0 bridgehead atoms. The number of amides is 1. The molecule has 4 nitrogen and oxygen atoms in total. The van der Waals surface area contributed by atoms with Gasteiger partial charge < -0.3 is 10.2 Å². The maximum absolute atomic E-state index is 12.7. The molecule has 0 aromatic heterocycles. The molecule has 1 saturated carbocycles. The molecule has 1 aliphatic heterocycles. The highest BCUT2D eigenvalue weighted by Crippen LogP contribution is 2.45. The van der Waals surface area contributed by atoms with E-state index in [1.165, 1.54) is 17.7 Å². The number of rotatable bonds is 4. The van der Waals surface area contributed by atoms with E-state index in [0.717, 1.165) is 43.2 Å². The van der Waals surface area contributed by atoms with E-state index in [4.69, 9.17) is 0 Å². The van der Waals surface area contributed by atoms with E-state index in [-0.39, 0.29) is 23.1 Å². The number of benzene rings is 1. The number of nitrogens with zero attached hydrogens (tertiary/aromatic N) is 2. The number of hydrogen-bond donors (Lipinski definition) is 1. The summed E-state index contributed by atoms with van der Waals surface area (Å²) in [4.78, 5) is 15.2. The molecule has 1 N–H and O–H groups in total. The molecule has 1 amide bonds. The zero-order chi connectivity index (χ0) is 22.1. The van der Waals surface area contributed by atoms with Gasteiger partial charge in [-0.25, -0.2) is 0 Å². The number of anilines is 1. The van der Waals surface area contributed by atoms with Gasteiger partial charge in [-0.2, -0.15) is 5.26 Å². The van der Waals surface area contributed by atoms with Crippen molar-refractivity contribution in [2.24, 2.45) is 0 Å². The fraction of sp³-hybridized carbons (Fsp3) is 0.615. The number of nitriles is 1. The van der Waals surface area contributed by atoms with E-state index in [9.17, 15) is 10.1 Å². The minimum Gasteiger partial charge on any atom is -0.364 e. The number of nitrogens with one attached hydrogen (secondary N) is 1. The number of carbonyl (C=O) groups is 1. The van der Waals surface area contributed by atoms with Gasteiger partial charge in [0.15, 0.2) is 0 Å². The largest absolute Gasteiger partial charge is 0.364 e. The Labute approximate surface area is 182 Å². The molecule has 0 unspecified atom stereocenters. The summed E-state index contributed by atoms with van der Waals surface area (Å²) in [7, 11) is 0. The second-order valence-electron chi connectivity index (χ2n) is 10.1. The van der Waals surface area contributed by atoms with Crippen LogP contribution in [-0.4, -0.2) is 23.5 Å². The van der Waals surface area contributed by atoms with Crippen molar-refractivity contribution in [1.29, 1.82) is 5.26 Å². The zero-order valence-electron chi connectivity index (χ0n) is 19.5. The van der Waals surface area contributed by atoms with Crippen LogP contribution in [0.25, 0.3) is 6.08 Å². The fourth-order valence-corrected chi connectivity index (χ4v) is 5.56. The summed E-state index contributed by atoms with van der Waals surface area (Å²) in [6.07, 6.45) is 8.44. The van der Waals surface area contributed by atoms with Crippen molar-refractivity contribution in [2.75, 3.05) is 4.90 Å². The quantitative estimate of drug-likeness (QED) is 0.503. The third-order valence-electron chi connectivity index (χ3n) is 6.79. The van der Waals surface area contributed by atoms with Crippen LogP contribution in [0.4, 0.5) is 5.69 Å². The first kappa shape index (κ1) is 22.4. The number of carbonyl (C=O) groups excluding carboxylic acids is 1. The van der Waals surface area contributed by atoms with E-state index in [1.807, 2.05) is 0 Å². The first-order valence-corrected chi connectivity index (χ1v) is 11.5. The van der Waals surface area contributed by atoms with E-state index in [1.54, 1.807) is 6.08 Å². The lowest BCUT2D eigenvalue weighted by molar-refractivity contribution is -0.117. The maximum Gasteiger partial charge on any atom is 0.262 e. The summed E-state index contributed by atoms with van der Waals surface area (Å²) in [6, 6.07) is 7.19. The zero-order valence-corrected chi connectivity index (χ0v) is 19.5. The van der Waals surface area contributed by atoms with Crippen LogP contribution >= 0.6 is 0 Å². The standard InChI is InChI=1S/C26H37N3O/c1-17(2)29-24-12-18(3)20(14-23(24)19(4)15-26(29,5)6)13-21(16-27)25(30)28-22-10-8-7-9-11-22/h12-14,17,19,22H,7-11,15H2,1-6H3,(H,28,30)/b21-13-/t19-/m1/s1. The fourth-order valence-electron chi connectivity index (χ4n) is 5.56. The van der Waals surface area contributed by atoms with Crippen LogP contribution in [0.3, 0.4) is 0 Å². The normalized spacial score (nSPS) is 21.9. The molecule has 1 atom stereocenters. The molecule has 1 fully saturated rings. The Morgan fingerprint density at radius 1 is 1.27 bits per heavy atom. The van der Waals surface area contributed by atoms with Crippen LogP contribution < -0.4 is 10.2 Å². The van der Waals surface area contributed by atoms with Crippen molar-refractivity contribution in [3.8, 4) is 6.07 Å². The van der Waals surface area contributed by atoms with Crippen LogP contribution in [0.15, 0.2) is 17.7 Å². The van der Waals surface area contributed by atoms with Gasteiger partial charge in [-0.1, -0.05) is 26.2 Å². The van der Waals surface area contributed by atoms with E-state index in [2.05, 4.69) is 70.0 Å². The molecule has 1 heterocycles. The lowest BCUT2D eigenvalue weighted by Gasteiger charge is -2.50. The van der Waals surface area contributed by atoms with Crippen molar-refractivity contribution in [3.05, 3.63) is 34.4 Å². The smallest absolute Gasteiger partial charge is 0.262 e. The molecule has 2 aliphatic rings. The van der Waals surface area contributed by atoms with Gasteiger partial charge in [0.25, 0.3) is 5.91 Å². The molecule has 1 aliphatic carbocycles. The van der Waals surface area contributed by atoms with Gasteiger partial charge in [-0.05, 0) is 94.7 Å². The van der Waals surface area contributed by atoms with Crippen LogP contribution in [0.2, 0.25) is 0 Å². The summed E-state index contributed by atoms with van der Waals surface area (Å²) in [6.45, 7) is 13.5. The van der Waals surface area contributed by atoms with E-state index >= 15 is 0 Å². The maximum atomic E-state index is 12.7. The van der Waals surface area contributed by atoms with Gasteiger partial charge in [-0.15, -0.1) is 0 Å². The Hall–Kier alpha value is -2.28. The van der Waals surface area contributed by atoms with E-state index in [0.29, 0.717) is 12.0 Å². The van der Waals surface area contributed by atoms with Crippen molar-refractivity contribution in [1.82, 2.24) is 5.32 Å². The van der Waals surface area contributed by atoms with Crippen LogP contribution in [-0.2, 0) is 4.79 Å². The molecular formula is C26H37N3O. The minimum atomic E-state index is -0.237. The van der Waals surface area contributed by atoms with Crippen LogP contribution in [0.1, 0.15) is 95.8 Å². The summed E-state index contributed by atoms with van der Waals surface area (Å²) in [5.41, 5.74) is 4.97. The van der Waals surface area contributed by atoms with Crippen molar-refractivity contribution >= 4 is 17.7 Å². The summed E-state index contributed by atoms with van der Waals surface area (Å²) in [5.74, 6) is 0.193. The monoisotopic (exact) mass is 407 g/mol. The number of fused-ring (bicyclic) bond motifs is 1. The Morgan fingerprint density at radius 2 is 1.93 bits per heavy atom.